The number of aromatic nitrogens is 3. The van der Waals surface area contributed by atoms with E-state index in [-0.39, 0.29) is 17.3 Å². The third-order valence-corrected chi connectivity index (χ3v) is 4.85. The normalized spacial score (nSPS) is 10.8. The van der Waals surface area contributed by atoms with Crippen LogP contribution in [0.3, 0.4) is 0 Å². The van der Waals surface area contributed by atoms with E-state index in [2.05, 4.69) is 15.5 Å². The molecule has 1 heterocycles. The summed E-state index contributed by atoms with van der Waals surface area (Å²) in [6.45, 7) is 3.85. The first-order valence-electron chi connectivity index (χ1n) is 7.81. The molecule has 1 N–H and O–H groups in total. The number of amides is 1. The average molecular weight is 391 g/mol. The van der Waals surface area contributed by atoms with Gasteiger partial charge in [-0.15, -0.1) is 10.2 Å². The number of anilines is 1. The maximum Gasteiger partial charge on any atom is 0.234 e. The predicted molar refractivity (Wildman–Crippen MR) is 102 cm³/mol. The highest BCUT2D eigenvalue weighted by Gasteiger charge is 2.15. The third-order valence-electron chi connectivity index (χ3n) is 3.69. The number of benzene rings is 2. The fourth-order valence-corrected chi connectivity index (χ4v) is 3.40. The smallest absolute Gasteiger partial charge is 0.234 e. The van der Waals surface area contributed by atoms with Gasteiger partial charge in [-0.2, -0.15) is 0 Å². The van der Waals surface area contributed by atoms with Crippen molar-refractivity contribution in [3.05, 3.63) is 64.7 Å². The summed E-state index contributed by atoms with van der Waals surface area (Å²) < 4.78 is 15.6. The summed E-state index contributed by atoms with van der Waals surface area (Å²) in [6, 6.07) is 11.9. The Hall–Kier alpha value is -2.38. The predicted octanol–water partition coefficient (Wildman–Crippen LogP) is 4.41. The summed E-state index contributed by atoms with van der Waals surface area (Å²) in [7, 11) is 0. The van der Waals surface area contributed by atoms with E-state index in [1.807, 2.05) is 42.7 Å². The molecule has 0 saturated carbocycles. The van der Waals surface area contributed by atoms with E-state index in [1.165, 1.54) is 30.0 Å². The molecule has 8 heteroatoms. The summed E-state index contributed by atoms with van der Waals surface area (Å²) >= 11 is 7.07. The highest BCUT2D eigenvalue weighted by atomic mass is 35.5. The number of hydrogen-bond donors (Lipinski definition) is 1. The van der Waals surface area contributed by atoms with E-state index >= 15 is 0 Å². The maximum absolute atomic E-state index is 13.7. The Bertz CT molecular complexity index is 960. The van der Waals surface area contributed by atoms with Crippen molar-refractivity contribution in [2.45, 2.75) is 19.0 Å². The molecule has 26 heavy (non-hydrogen) atoms. The van der Waals surface area contributed by atoms with E-state index in [9.17, 15) is 9.18 Å². The van der Waals surface area contributed by atoms with Crippen LogP contribution in [0.15, 0.2) is 47.6 Å². The van der Waals surface area contributed by atoms with Gasteiger partial charge in [0.15, 0.2) is 5.16 Å². The molecular formula is C18H16ClFN4OS. The molecule has 0 spiro atoms. The Morgan fingerprint density at radius 1 is 1.23 bits per heavy atom. The largest absolute Gasteiger partial charge is 0.323 e. The van der Waals surface area contributed by atoms with Gasteiger partial charge in [0.05, 0.1) is 17.1 Å². The fourth-order valence-electron chi connectivity index (χ4n) is 2.44. The molecule has 0 aliphatic heterocycles. The van der Waals surface area contributed by atoms with Crippen molar-refractivity contribution in [1.29, 1.82) is 0 Å². The standard InChI is InChI=1S/C18H16ClFN4OS/c1-11-5-3-4-6-16(11)24-12(2)22-23-18(24)26-10-17(25)21-15-9-13(19)7-8-14(15)20/h3-9H,10H2,1-2H3,(H,21,25). The lowest BCUT2D eigenvalue weighted by molar-refractivity contribution is -0.113. The monoisotopic (exact) mass is 390 g/mol. The second-order valence-corrected chi connectivity index (χ2v) is 6.99. The van der Waals surface area contributed by atoms with Crippen LogP contribution >= 0.6 is 23.4 Å². The number of carbonyl (C=O) groups excluding carboxylic acids is 1. The lowest BCUT2D eigenvalue weighted by Crippen LogP contribution is -2.15. The quantitative estimate of drug-likeness (QED) is 0.655. The zero-order valence-corrected chi connectivity index (χ0v) is 15.7. The van der Waals surface area contributed by atoms with Crippen molar-refractivity contribution in [1.82, 2.24) is 14.8 Å². The Balaban J connectivity index is 1.74. The summed E-state index contributed by atoms with van der Waals surface area (Å²) in [5.41, 5.74) is 2.08. The molecule has 0 unspecified atom stereocenters. The van der Waals surface area contributed by atoms with Gasteiger partial charge in [-0.05, 0) is 43.7 Å². The molecule has 0 radical (unpaired) electrons. The van der Waals surface area contributed by atoms with E-state index in [0.29, 0.717) is 10.2 Å². The van der Waals surface area contributed by atoms with Gasteiger partial charge in [-0.1, -0.05) is 41.6 Å². The number of hydrogen-bond acceptors (Lipinski definition) is 4. The van der Waals surface area contributed by atoms with Crippen molar-refractivity contribution in [3.63, 3.8) is 0 Å². The van der Waals surface area contributed by atoms with E-state index in [4.69, 9.17) is 11.6 Å². The van der Waals surface area contributed by atoms with Crippen LogP contribution in [0.5, 0.6) is 0 Å². The van der Waals surface area contributed by atoms with Crippen molar-refractivity contribution < 1.29 is 9.18 Å². The lowest BCUT2D eigenvalue weighted by atomic mass is 10.2. The number of rotatable bonds is 5. The topological polar surface area (TPSA) is 59.8 Å². The zero-order chi connectivity index (χ0) is 18.7. The van der Waals surface area contributed by atoms with Gasteiger partial charge in [0.1, 0.15) is 11.6 Å². The lowest BCUT2D eigenvalue weighted by Gasteiger charge is -2.11. The minimum absolute atomic E-state index is 0.0552. The molecule has 0 aliphatic rings. The number of para-hydroxylation sites is 1. The van der Waals surface area contributed by atoms with Crippen LogP contribution in [0.1, 0.15) is 11.4 Å². The highest BCUT2D eigenvalue weighted by molar-refractivity contribution is 7.99. The number of aryl methyl sites for hydroxylation is 2. The fraction of sp³-hybridized carbons (Fsp3) is 0.167. The first-order chi connectivity index (χ1) is 12.5. The molecule has 0 aliphatic carbocycles. The van der Waals surface area contributed by atoms with Crippen LogP contribution < -0.4 is 5.32 Å². The minimum Gasteiger partial charge on any atom is -0.323 e. The van der Waals surface area contributed by atoms with Gasteiger partial charge in [0, 0.05) is 5.02 Å². The molecule has 1 aromatic heterocycles. The van der Waals surface area contributed by atoms with Crippen molar-refractivity contribution in [2.75, 3.05) is 11.1 Å². The molecule has 3 aromatic rings. The number of nitrogens with one attached hydrogen (secondary N) is 1. The van der Waals surface area contributed by atoms with Gasteiger partial charge in [-0.25, -0.2) is 4.39 Å². The summed E-state index contributed by atoms with van der Waals surface area (Å²) in [5.74, 6) is -0.0985. The molecule has 1 amide bonds. The van der Waals surface area contributed by atoms with E-state index < -0.39 is 5.82 Å². The molecule has 0 saturated heterocycles. The molecule has 3 rings (SSSR count). The molecule has 0 atom stereocenters. The van der Waals surface area contributed by atoms with Crippen LogP contribution in [0, 0.1) is 19.7 Å². The summed E-state index contributed by atoms with van der Waals surface area (Å²) in [5, 5.41) is 11.7. The second kappa shape index (κ2) is 7.88. The number of carbonyl (C=O) groups is 1. The van der Waals surface area contributed by atoms with Crippen LogP contribution in [-0.2, 0) is 4.79 Å². The van der Waals surface area contributed by atoms with Gasteiger partial charge >= 0.3 is 0 Å². The van der Waals surface area contributed by atoms with Crippen molar-refractivity contribution >= 4 is 35.0 Å². The number of thioether (sulfide) groups is 1. The Kier molecular flexibility index (Phi) is 5.58. The van der Waals surface area contributed by atoms with Crippen LogP contribution in [0.2, 0.25) is 5.02 Å². The highest BCUT2D eigenvalue weighted by Crippen LogP contribution is 2.25. The SMILES string of the molecule is Cc1ccccc1-n1c(C)nnc1SCC(=O)Nc1cc(Cl)ccc1F. The minimum atomic E-state index is -0.535. The maximum atomic E-state index is 13.7. The zero-order valence-electron chi connectivity index (χ0n) is 14.2. The molecule has 5 nitrogen and oxygen atoms in total. The van der Waals surface area contributed by atoms with Crippen LogP contribution in [0.25, 0.3) is 5.69 Å². The Morgan fingerprint density at radius 3 is 2.77 bits per heavy atom. The van der Waals surface area contributed by atoms with Gasteiger partial charge < -0.3 is 5.32 Å². The Morgan fingerprint density at radius 2 is 2.00 bits per heavy atom. The van der Waals surface area contributed by atoms with E-state index in [0.717, 1.165) is 17.1 Å². The van der Waals surface area contributed by atoms with E-state index in [1.54, 1.807) is 0 Å². The number of nitrogens with zero attached hydrogens (tertiary/aromatic N) is 3. The summed E-state index contributed by atoms with van der Waals surface area (Å²) in [4.78, 5) is 12.2. The van der Waals surface area contributed by atoms with Crippen LogP contribution in [-0.4, -0.2) is 26.4 Å². The first-order valence-corrected chi connectivity index (χ1v) is 9.18. The summed E-state index contributed by atoms with van der Waals surface area (Å²) in [6.07, 6.45) is 0. The molecule has 0 fully saturated rings. The number of halogens is 2. The molecular weight excluding hydrogens is 375 g/mol. The van der Waals surface area contributed by atoms with Gasteiger partial charge in [0.2, 0.25) is 5.91 Å². The molecule has 0 bridgehead atoms. The Labute approximate surface area is 159 Å². The van der Waals surface area contributed by atoms with Gasteiger partial charge in [-0.3, -0.25) is 9.36 Å². The second-order valence-electron chi connectivity index (χ2n) is 5.61. The third kappa shape index (κ3) is 4.05. The first kappa shape index (κ1) is 18.4. The molecule has 2 aromatic carbocycles. The van der Waals surface area contributed by atoms with Gasteiger partial charge in [0.25, 0.3) is 0 Å². The van der Waals surface area contributed by atoms with Crippen molar-refractivity contribution in [3.8, 4) is 5.69 Å². The average Bonchev–Trinajstić information content (AvgIpc) is 2.97. The van der Waals surface area contributed by atoms with Crippen molar-refractivity contribution in [2.24, 2.45) is 0 Å². The van der Waals surface area contributed by atoms with Crippen LogP contribution in [0.4, 0.5) is 10.1 Å². The molecule has 134 valence electrons.